The quantitative estimate of drug-likeness (QED) is 0.826. The molecule has 22 heavy (non-hydrogen) atoms. The van der Waals surface area contributed by atoms with Crippen LogP contribution in [0.1, 0.15) is 28.8 Å². The first-order valence-electron chi connectivity index (χ1n) is 6.83. The van der Waals surface area contributed by atoms with Gasteiger partial charge in [-0.15, -0.1) is 0 Å². The summed E-state index contributed by atoms with van der Waals surface area (Å²) >= 11 is 3.33. The van der Waals surface area contributed by atoms with E-state index in [9.17, 15) is 9.59 Å². The predicted molar refractivity (Wildman–Crippen MR) is 84.2 cm³/mol. The summed E-state index contributed by atoms with van der Waals surface area (Å²) in [5, 5.41) is 9.10. The van der Waals surface area contributed by atoms with E-state index < -0.39 is 11.6 Å². The van der Waals surface area contributed by atoms with Gasteiger partial charge in [0.15, 0.2) is 5.78 Å². The Morgan fingerprint density at radius 3 is 1.91 bits per heavy atom. The highest BCUT2D eigenvalue weighted by Gasteiger charge is 2.53. The predicted octanol–water partition coefficient (Wildman–Crippen LogP) is 3.68. The van der Waals surface area contributed by atoms with Crippen molar-refractivity contribution in [2.45, 2.75) is 18.4 Å². The van der Waals surface area contributed by atoms with Crippen molar-refractivity contribution in [1.82, 2.24) is 0 Å². The molecule has 0 bridgehead atoms. The van der Waals surface area contributed by atoms with Crippen LogP contribution in [0.15, 0.2) is 53.0 Å². The number of ether oxygens (including phenoxy) is 1. The van der Waals surface area contributed by atoms with Gasteiger partial charge in [0.2, 0.25) is 5.60 Å². The van der Waals surface area contributed by atoms with Crippen LogP contribution in [0, 0.1) is 0 Å². The first kappa shape index (κ1) is 14.8. The Morgan fingerprint density at radius 1 is 0.955 bits per heavy atom. The van der Waals surface area contributed by atoms with Crippen molar-refractivity contribution >= 4 is 27.7 Å². The van der Waals surface area contributed by atoms with Gasteiger partial charge in [-0.2, -0.15) is 0 Å². The number of benzene rings is 2. The molecule has 0 heterocycles. The zero-order chi connectivity index (χ0) is 15.7. The Balaban J connectivity index is 1.75. The molecular weight excluding hydrogens is 348 g/mol. The molecular formula is C17H13BrO4. The van der Waals surface area contributed by atoms with Gasteiger partial charge in [-0.25, -0.2) is 4.79 Å². The van der Waals surface area contributed by atoms with Crippen LogP contribution in [0.25, 0.3) is 0 Å². The molecule has 1 fully saturated rings. The van der Waals surface area contributed by atoms with E-state index in [1.165, 1.54) is 0 Å². The second-order valence-electron chi connectivity index (χ2n) is 5.26. The van der Waals surface area contributed by atoms with E-state index in [4.69, 9.17) is 9.84 Å². The number of aliphatic carboxylic acids is 1. The molecule has 1 aliphatic carbocycles. The van der Waals surface area contributed by atoms with Crippen LogP contribution in [0.2, 0.25) is 0 Å². The Morgan fingerprint density at radius 2 is 1.45 bits per heavy atom. The lowest BCUT2D eigenvalue weighted by atomic mass is 10.0. The van der Waals surface area contributed by atoms with Gasteiger partial charge in [-0.3, -0.25) is 4.79 Å². The molecule has 0 amide bonds. The SMILES string of the molecule is O=C(c1ccc(Br)cc1)c1ccc(OC2(C(=O)O)CC2)cc1. The largest absolute Gasteiger partial charge is 0.478 e. The maximum atomic E-state index is 12.3. The Labute approximate surface area is 135 Å². The Hall–Kier alpha value is -2.14. The molecule has 0 atom stereocenters. The first-order valence-corrected chi connectivity index (χ1v) is 7.62. The van der Waals surface area contributed by atoms with E-state index in [1.54, 1.807) is 36.4 Å². The van der Waals surface area contributed by atoms with Gasteiger partial charge in [0.25, 0.3) is 0 Å². The minimum Gasteiger partial charge on any atom is -0.478 e. The van der Waals surface area contributed by atoms with Gasteiger partial charge in [0, 0.05) is 28.4 Å². The van der Waals surface area contributed by atoms with Gasteiger partial charge < -0.3 is 9.84 Å². The third kappa shape index (κ3) is 2.90. The number of halogens is 1. The summed E-state index contributed by atoms with van der Waals surface area (Å²) in [6, 6.07) is 13.7. The second kappa shape index (κ2) is 5.57. The summed E-state index contributed by atoms with van der Waals surface area (Å²) in [5.41, 5.74) is 0.0629. The minimum atomic E-state index is -1.07. The molecule has 3 rings (SSSR count). The number of carbonyl (C=O) groups excluding carboxylic acids is 1. The summed E-state index contributed by atoms with van der Waals surface area (Å²) in [7, 11) is 0. The molecule has 1 N–H and O–H groups in total. The summed E-state index contributed by atoms with van der Waals surface area (Å²) < 4.78 is 6.43. The van der Waals surface area contributed by atoms with Crippen LogP contribution in [-0.4, -0.2) is 22.5 Å². The zero-order valence-corrected chi connectivity index (χ0v) is 13.2. The molecule has 5 heteroatoms. The lowest BCUT2D eigenvalue weighted by Gasteiger charge is -2.13. The van der Waals surface area contributed by atoms with Crippen LogP contribution in [0.3, 0.4) is 0 Å². The van der Waals surface area contributed by atoms with Crippen molar-refractivity contribution in [2.75, 3.05) is 0 Å². The molecule has 1 saturated carbocycles. The van der Waals surface area contributed by atoms with E-state index in [-0.39, 0.29) is 5.78 Å². The van der Waals surface area contributed by atoms with Crippen molar-refractivity contribution in [3.8, 4) is 5.75 Å². The van der Waals surface area contributed by atoms with E-state index in [2.05, 4.69) is 15.9 Å². The maximum Gasteiger partial charge on any atom is 0.348 e. The summed E-state index contributed by atoms with van der Waals surface area (Å²) in [4.78, 5) is 23.4. The monoisotopic (exact) mass is 360 g/mol. The van der Waals surface area contributed by atoms with E-state index >= 15 is 0 Å². The number of hydrogen-bond donors (Lipinski definition) is 1. The normalized spacial score (nSPS) is 15.1. The number of carboxylic acid groups (broad SMARTS) is 1. The number of rotatable bonds is 5. The number of hydrogen-bond acceptors (Lipinski definition) is 3. The van der Waals surface area contributed by atoms with Crippen molar-refractivity contribution < 1.29 is 19.4 Å². The molecule has 0 radical (unpaired) electrons. The third-order valence-corrected chi connectivity index (χ3v) is 4.16. The van der Waals surface area contributed by atoms with Crippen LogP contribution >= 0.6 is 15.9 Å². The molecule has 2 aromatic carbocycles. The fourth-order valence-electron chi connectivity index (χ4n) is 2.14. The smallest absolute Gasteiger partial charge is 0.348 e. The van der Waals surface area contributed by atoms with E-state index in [1.807, 2.05) is 12.1 Å². The first-order chi connectivity index (χ1) is 10.5. The highest BCUT2D eigenvalue weighted by atomic mass is 79.9. The van der Waals surface area contributed by atoms with Crippen molar-refractivity contribution in [1.29, 1.82) is 0 Å². The average Bonchev–Trinajstić information content (AvgIpc) is 3.29. The van der Waals surface area contributed by atoms with Crippen LogP contribution in [0.4, 0.5) is 0 Å². The van der Waals surface area contributed by atoms with Crippen LogP contribution in [0.5, 0.6) is 5.75 Å². The van der Waals surface area contributed by atoms with Crippen LogP contribution in [-0.2, 0) is 4.79 Å². The number of carbonyl (C=O) groups is 2. The van der Waals surface area contributed by atoms with E-state index in [0.717, 1.165) is 4.47 Å². The van der Waals surface area contributed by atoms with E-state index in [0.29, 0.717) is 29.7 Å². The minimum absolute atomic E-state index is 0.0848. The molecule has 0 aliphatic heterocycles. The average molecular weight is 361 g/mol. The number of carboxylic acids is 1. The van der Waals surface area contributed by atoms with Gasteiger partial charge in [-0.1, -0.05) is 15.9 Å². The summed E-state index contributed by atoms with van der Waals surface area (Å²) in [5.74, 6) is -0.562. The third-order valence-electron chi connectivity index (χ3n) is 3.63. The fourth-order valence-corrected chi connectivity index (χ4v) is 2.41. The topological polar surface area (TPSA) is 63.6 Å². The molecule has 112 valence electrons. The molecule has 4 nitrogen and oxygen atoms in total. The molecule has 0 aromatic heterocycles. The molecule has 0 unspecified atom stereocenters. The fraction of sp³-hybridized carbons (Fsp3) is 0.176. The second-order valence-corrected chi connectivity index (χ2v) is 6.18. The van der Waals surface area contributed by atoms with Crippen molar-refractivity contribution in [2.24, 2.45) is 0 Å². The zero-order valence-electron chi connectivity index (χ0n) is 11.6. The highest BCUT2D eigenvalue weighted by Crippen LogP contribution is 2.40. The van der Waals surface area contributed by atoms with Gasteiger partial charge in [0.05, 0.1) is 0 Å². The van der Waals surface area contributed by atoms with Crippen molar-refractivity contribution in [3.05, 3.63) is 64.1 Å². The maximum absolute atomic E-state index is 12.3. The Bertz CT molecular complexity index is 715. The van der Waals surface area contributed by atoms with Crippen molar-refractivity contribution in [3.63, 3.8) is 0 Å². The molecule has 1 aliphatic rings. The standard InChI is InChI=1S/C17H13BrO4/c18-13-5-1-11(2-6-13)15(19)12-3-7-14(8-4-12)22-17(9-10-17)16(20)21/h1-8H,9-10H2,(H,20,21). The molecule has 0 saturated heterocycles. The lowest BCUT2D eigenvalue weighted by Crippen LogP contribution is -2.28. The Kier molecular flexibility index (Phi) is 3.74. The lowest BCUT2D eigenvalue weighted by molar-refractivity contribution is -0.147. The van der Waals surface area contributed by atoms with Gasteiger partial charge in [0.1, 0.15) is 5.75 Å². The highest BCUT2D eigenvalue weighted by molar-refractivity contribution is 9.10. The molecule has 2 aromatic rings. The summed E-state index contributed by atoms with van der Waals surface area (Å²) in [6.45, 7) is 0. The van der Waals surface area contributed by atoms with Crippen LogP contribution < -0.4 is 4.74 Å². The molecule has 0 spiro atoms. The summed E-state index contributed by atoms with van der Waals surface area (Å²) in [6.07, 6.45) is 1.03. The van der Waals surface area contributed by atoms with Gasteiger partial charge in [-0.05, 0) is 48.5 Å². The number of ketones is 1. The van der Waals surface area contributed by atoms with Gasteiger partial charge >= 0.3 is 5.97 Å².